The molecule has 8 nitrogen and oxygen atoms in total. The molecule has 0 atom stereocenters. The van der Waals surface area contributed by atoms with Gasteiger partial charge in [0.15, 0.2) is 5.82 Å². The lowest BCUT2D eigenvalue weighted by molar-refractivity contribution is -0.144. The standard InChI is InChI=1S/C18H22F3N7O.C3H8/c1-9-4-13(18(19,20)21)28(26-9)7-11-5-12(6-11)23-17-22-10(2)15-16(25-17)27(3)8-14(29)24-15;1-3-2/h4,11-12H,5-8H2,1-3H3,(H,24,29)(H,22,23,25);3H2,1-2H3. The lowest BCUT2D eigenvalue weighted by atomic mass is 9.80. The Morgan fingerprint density at radius 1 is 1.22 bits per heavy atom. The molecule has 2 aromatic rings. The molecular formula is C21H30F3N7O. The van der Waals surface area contributed by atoms with E-state index in [1.807, 2.05) is 0 Å². The number of anilines is 3. The molecule has 0 spiro atoms. The smallest absolute Gasteiger partial charge is 0.351 e. The number of aryl methyl sites for hydroxylation is 2. The third-order valence-electron chi connectivity index (χ3n) is 5.27. The predicted octanol–water partition coefficient (Wildman–Crippen LogP) is 4.00. The molecule has 4 rings (SSSR count). The minimum absolute atomic E-state index is 0.0898. The summed E-state index contributed by atoms with van der Waals surface area (Å²) in [6.45, 7) is 8.07. The number of carbonyl (C=O) groups is 1. The van der Waals surface area contributed by atoms with Gasteiger partial charge in [-0.05, 0) is 38.7 Å². The van der Waals surface area contributed by atoms with Crippen molar-refractivity contribution in [3.63, 3.8) is 0 Å². The lowest BCUT2D eigenvalue weighted by Crippen LogP contribution is -2.40. The van der Waals surface area contributed by atoms with Crippen LogP contribution in [0.4, 0.5) is 30.6 Å². The quantitative estimate of drug-likeness (QED) is 0.728. The van der Waals surface area contributed by atoms with Crippen LogP contribution >= 0.6 is 0 Å². The van der Waals surface area contributed by atoms with Crippen molar-refractivity contribution in [1.29, 1.82) is 0 Å². The average Bonchev–Trinajstić information content (AvgIpc) is 3.02. The molecule has 1 saturated carbocycles. The van der Waals surface area contributed by atoms with Crippen LogP contribution in [0.1, 0.15) is 50.2 Å². The molecule has 3 heterocycles. The van der Waals surface area contributed by atoms with E-state index in [2.05, 4.69) is 39.5 Å². The van der Waals surface area contributed by atoms with Crippen LogP contribution in [-0.4, -0.2) is 45.3 Å². The van der Waals surface area contributed by atoms with E-state index in [1.54, 1.807) is 25.8 Å². The highest BCUT2D eigenvalue weighted by molar-refractivity contribution is 6.00. The Labute approximate surface area is 185 Å². The van der Waals surface area contributed by atoms with Gasteiger partial charge in [-0.1, -0.05) is 20.3 Å². The number of halogens is 3. The number of alkyl halides is 3. The van der Waals surface area contributed by atoms with Crippen LogP contribution in [-0.2, 0) is 17.5 Å². The molecule has 2 aliphatic rings. The minimum Gasteiger partial charge on any atom is -0.351 e. The molecule has 1 amide bonds. The highest BCUT2D eigenvalue weighted by atomic mass is 19.4. The minimum atomic E-state index is -4.40. The number of likely N-dealkylation sites (N-methyl/N-ethyl adjacent to an activating group) is 1. The molecular weight excluding hydrogens is 423 g/mol. The van der Waals surface area contributed by atoms with E-state index < -0.39 is 11.9 Å². The summed E-state index contributed by atoms with van der Waals surface area (Å²) in [5.41, 5.74) is 0.926. The van der Waals surface area contributed by atoms with Gasteiger partial charge in [-0.3, -0.25) is 9.48 Å². The fourth-order valence-electron chi connectivity index (χ4n) is 3.86. The molecule has 2 N–H and O–H groups in total. The van der Waals surface area contributed by atoms with E-state index >= 15 is 0 Å². The summed E-state index contributed by atoms with van der Waals surface area (Å²) in [6.07, 6.45) is -1.73. The van der Waals surface area contributed by atoms with Crippen molar-refractivity contribution in [3.05, 3.63) is 23.1 Å². The number of rotatable bonds is 4. The summed E-state index contributed by atoms with van der Waals surface area (Å²) in [6, 6.07) is 1.17. The van der Waals surface area contributed by atoms with Gasteiger partial charge in [-0.15, -0.1) is 0 Å². The first-order valence-corrected chi connectivity index (χ1v) is 10.8. The molecule has 0 radical (unpaired) electrons. The fourth-order valence-corrected chi connectivity index (χ4v) is 3.86. The number of nitrogens with one attached hydrogen (secondary N) is 2. The molecule has 176 valence electrons. The van der Waals surface area contributed by atoms with Crippen LogP contribution in [0, 0.1) is 19.8 Å². The van der Waals surface area contributed by atoms with Crippen LogP contribution < -0.4 is 15.5 Å². The molecule has 1 aliphatic carbocycles. The highest BCUT2D eigenvalue weighted by Gasteiger charge is 2.38. The Morgan fingerprint density at radius 3 is 2.50 bits per heavy atom. The van der Waals surface area contributed by atoms with Gasteiger partial charge < -0.3 is 15.5 Å². The molecule has 32 heavy (non-hydrogen) atoms. The van der Waals surface area contributed by atoms with Gasteiger partial charge in [0.05, 0.1) is 17.9 Å². The van der Waals surface area contributed by atoms with Crippen molar-refractivity contribution in [1.82, 2.24) is 19.7 Å². The third-order valence-corrected chi connectivity index (χ3v) is 5.27. The summed E-state index contributed by atoms with van der Waals surface area (Å²) < 4.78 is 40.4. The van der Waals surface area contributed by atoms with Gasteiger partial charge in [-0.2, -0.15) is 23.3 Å². The first-order valence-electron chi connectivity index (χ1n) is 10.8. The van der Waals surface area contributed by atoms with Crippen molar-refractivity contribution < 1.29 is 18.0 Å². The monoisotopic (exact) mass is 453 g/mol. The van der Waals surface area contributed by atoms with Gasteiger partial charge in [0.2, 0.25) is 11.9 Å². The van der Waals surface area contributed by atoms with Crippen LogP contribution in [0.3, 0.4) is 0 Å². The number of amides is 1. The molecule has 1 fully saturated rings. The van der Waals surface area contributed by atoms with Crippen molar-refractivity contribution in [3.8, 4) is 0 Å². The van der Waals surface area contributed by atoms with Gasteiger partial charge in [-0.25, -0.2) is 4.98 Å². The number of hydrogen-bond acceptors (Lipinski definition) is 6. The van der Waals surface area contributed by atoms with Crippen LogP contribution in [0.2, 0.25) is 0 Å². The average molecular weight is 454 g/mol. The van der Waals surface area contributed by atoms with Crippen LogP contribution in [0.25, 0.3) is 0 Å². The maximum atomic E-state index is 13.1. The Morgan fingerprint density at radius 2 is 1.88 bits per heavy atom. The predicted molar refractivity (Wildman–Crippen MR) is 117 cm³/mol. The van der Waals surface area contributed by atoms with E-state index in [1.165, 1.54) is 6.42 Å². The molecule has 0 aromatic carbocycles. The number of carbonyl (C=O) groups excluding carboxylic acids is 1. The Hall–Kier alpha value is -2.85. The molecule has 11 heteroatoms. The third kappa shape index (κ3) is 5.31. The van der Waals surface area contributed by atoms with Crippen molar-refractivity contribution in [2.24, 2.45) is 5.92 Å². The molecule has 2 aromatic heterocycles. The van der Waals surface area contributed by atoms with Gasteiger partial charge in [0, 0.05) is 19.6 Å². The first kappa shape index (κ1) is 23.8. The van der Waals surface area contributed by atoms with Crippen molar-refractivity contribution in [2.45, 2.75) is 65.7 Å². The Bertz CT molecular complexity index is 967. The first-order chi connectivity index (χ1) is 15.0. The van der Waals surface area contributed by atoms with Crippen LogP contribution in [0.5, 0.6) is 0 Å². The summed E-state index contributed by atoms with van der Waals surface area (Å²) in [7, 11) is 1.79. The van der Waals surface area contributed by atoms with E-state index in [0.29, 0.717) is 41.7 Å². The SMILES string of the molecule is CCC.Cc1cc(C(F)(F)F)n(CC2CC(Nc3nc(C)c4c(n3)N(C)CC(=O)N4)C2)n1. The molecule has 0 bridgehead atoms. The fraction of sp³-hybridized carbons (Fsp3) is 0.619. The second kappa shape index (κ2) is 9.33. The van der Waals surface area contributed by atoms with Crippen molar-refractivity contribution in [2.75, 3.05) is 29.1 Å². The van der Waals surface area contributed by atoms with Gasteiger partial charge >= 0.3 is 6.18 Å². The summed E-state index contributed by atoms with van der Waals surface area (Å²) in [4.78, 5) is 22.3. The molecule has 1 aliphatic heterocycles. The van der Waals surface area contributed by atoms with E-state index in [4.69, 9.17) is 0 Å². The second-order valence-electron chi connectivity index (χ2n) is 8.47. The maximum Gasteiger partial charge on any atom is 0.433 e. The summed E-state index contributed by atoms with van der Waals surface area (Å²) in [5, 5.41) is 10.0. The van der Waals surface area contributed by atoms with E-state index in [-0.39, 0.29) is 31.0 Å². The Balaban J connectivity index is 0.000000913. The number of fused-ring (bicyclic) bond motifs is 1. The summed E-state index contributed by atoms with van der Waals surface area (Å²) >= 11 is 0. The topological polar surface area (TPSA) is 88.0 Å². The summed E-state index contributed by atoms with van der Waals surface area (Å²) in [5.74, 6) is 1.10. The number of hydrogen-bond donors (Lipinski definition) is 2. The highest BCUT2D eigenvalue weighted by Crippen LogP contribution is 2.36. The van der Waals surface area contributed by atoms with Crippen LogP contribution in [0.15, 0.2) is 6.07 Å². The number of nitrogens with zero attached hydrogens (tertiary/aromatic N) is 5. The van der Waals surface area contributed by atoms with Gasteiger partial charge in [0.1, 0.15) is 11.4 Å². The zero-order valence-corrected chi connectivity index (χ0v) is 19.0. The zero-order chi connectivity index (χ0) is 23.6. The van der Waals surface area contributed by atoms with Crippen molar-refractivity contribution >= 4 is 23.4 Å². The van der Waals surface area contributed by atoms with E-state index in [0.717, 1.165) is 10.7 Å². The lowest BCUT2D eigenvalue weighted by Gasteiger charge is -2.36. The largest absolute Gasteiger partial charge is 0.433 e. The van der Waals surface area contributed by atoms with E-state index in [9.17, 15) is 18.0 Å². The number of aromatic nitrogens is 4. The Kier molecular flexibility index (Phi) is 6.94. The normalized spacial score (nSPS) is 20.0. The maximum absolute atomic E-state index is 13.1. The molecule has 0 unspecified atom stereocenters. The second-order valence-corrected chi connectivity index (χ2v) is 8.47. The zero-order valence-electron chi connectivity index (χ0n) is 19.0. The van der Waals surface area contributed by atoms with Gasteiger partial charge in [0.25, 0.3) is 0 Å². The molecule has 0 saturated heterocycles.